The Kier molecular flexibility index (Phi) is 5.98. The zero-order valence-corrected chi connectivity index (χ0v) is 17.3. The normalized spacial score (nSPS) is 18.2. The van der Waals surface area contributed by atoms with Gasteiger partial charge in [0.2, 0.25) is 0 Å². The summed E-state index contributed by atoms with van der Waals surface area (Å²) in [5.74, 6) is 0.977. The maximum atomic E-state index is 5.49. The highest BCUT2D eigenvalue weighted by Crippen LogP contribution is 2.40. The van der Waals surface area contributed by atoms with Crippen LogP contribution in [-0.4, -0.2) is 7.11 Å². The highest BCUT2D eigenvalue weighted by Gasteiger charge is 2.26. The molecule has 1 aromatic rings. The van der Waals surface area contributed by atoms with Crippen molar-refractivity contribution in [1.29, 1.82) is 0 Å². The fourth-order valence-corrected chi connectivity index (χ4v) is 4.00. The molecule has 0 spiro atoms. The van der Waals surface area contributed by atoms with Crippen LogP contribution in [0, 0.1) is 26.2 Å². The molecule has 0 aromatic heterocycles. The molecule has 0 saturated carbocycles. The van der Waals surface area contributed by atoms with Crippen LogP contribution in [0.2, 0.25) is 0 Å². The van der Waals surface area contributed by atoms with Gasteiger partial charge >= 0.3 is 0 Å². The maximum absolute atomic E-state index is 5.49. The molecule has 1 aliphatic carbocycles. The third-order valence-corrected chi connectivity index (χ3v) is 5.76. The summed E-state index contributed by atoms with van der Waals surface area (Å²) in [6.45, 7) is 15.7. The van der Waals surface area contributed by atoms with Crippen LogP contribution in [0.25, 0.3) is 6.08 Å². The van der Waals surface area contributed by atoms with Crippen LogP contribution in [0.15, 0.2) is 34.9 Å². The van der Waals surface area contributed by atoms with Crippen LogP contribution in [0.4, 0.5) is 0 Å². The molecule has 0 saturated heterocycles. The van der Waals surface area contributed by atoms with Crippen molar-refractivity contribution in [3.63, 3.8) is 0 Å². The first-order valence-corrected chi connectivity index (χ1v) is 9.38. The Labute approximate surface area is 154 Å². The standard InChI is InChI=1S/C24H34O/c1-16(11-12-22-17(2)10-9-13-24(22,6)7)14-21-18(3)15-23(25-8)20(5)19(21)4/h11-12,14-15H,9-10,13H2,1-8H3/b12-11+,16-14+. The molecule has 1 aromatic carbocycles. The summed E-state index contributed by atoms with van der Waals surface area (Å²) in [6, 6.07) is 2.14. The minimum absolute atomic E-state index is 0.293. The molecule has 0 fully saturated rings. The van der Waals surface area contributed by atoms with Gasteiger partial charge in [-0.05, 0) is 93.2 Å². The van der Waals surface area contributed by atoms with E-state index in [2.05, 4.69) is 72.8 Å². The van der Waals surface area contributed by atoms with Gasteiger partial charge < -0.3 is 4.74 Å². The zero-order valence-electron chi connectivity index (χ0n) is 17.3. The van der Waals surface area contributed by atoms with Crippen molar-refractivity contribution in [1.82, 2.24) is 0 Å². The van der Waals surface area contributed by atoms with Gasteiger partial charge in [-0.15, -0.1) is 0 Å². The first kappa shape index (κ1) is 19.6. The second-order valence-electron chi connectivity index (χ2n) is 8.21. The average Bonchev–Trinajstić information content (AvgIpc) is 2.53. The van der Waals surface area contributed by atoms with Crippen LogP contribution in [0.5, 0.6) is 5.75 Å². The molecule has 0 unspecified atom stereocenters. The number of allylic oxidation sites excluding steroid dienone is 5. The Morgan fingerprint density at radius 1 is 1.12 bits per heavy atom. The lowest BCUT2D eigenvalue weighted by Gasteiger charge is -2.33. The van der Waals surface area contributed by atoms with Gasteiger partial charge in [0.1, 0.15) is 5.75 Å². The second-order valence-corrected chi connectivity index (χ2v) is 8.21. The van der Waals surface area contributed by atoms with E-state index >= 15 is 0 Å². The summed E-state index contributed by atoms with van der Waals surface area (Å²) < 4.78 is 5.49. The van der Waals surface area contributed by atoms with Crippen molar-refractivity contribution in [3.8, 4) is 5.75 Å². The van der Waals surface area contributed by atoms with E-state index in [-0.39, 0.29) is 0 Å². The van der Waals surface area contributed by atoms with Gasteiger partial charge in [-0.2, -0.15) is 0 Å². The van der Waals surface area contributed by atoms with Crippen molar-refractivity contribution in [2.45, 2.75) is 67.7 Å². The van der Waals surface area contributed by atoms with Crippen molar-refractivity contribution in [2.75, 3.05) is 7.11 Å². The number of aryl methyl sites for hydroxylation is 1. The molecule has 0 N–H and O–H groups in total. The SMILES string of the molecule is COc1cc(C)c(/C=C(C)/C=C/C2=C(C)CCCC2(C)C)c(C)c1C. The quantitative estimate of drug-likeness (QED) is 0.532. The average molecular weight is 339 g/mol. The van der Waals surface area contributed by atoms with E-state index in [9.17, 15) is 0 Å². The van der Waals surface area contributed by atoms with Gasteiger partial charge in [0.15, 0.2) is 0 Å². The summed E-state index contributed by atoms with van der Waals surface area (Å²) in [5.41, 5.74) is 9.76. The first-order chi connectivity index (χ1) is 11.7. The van der Waals surface area contributed by atoms with E-state index in [1.165, 1.54) is 52.7 Å². The molecule has 2 rings (SSSR count). The second kappa shape index (κ2) is 7.64. The Morgan fingerprint density at radius 2 is 1.80 bits per heavy atom. The molecule has 25 heavy (non-hydrogen) atoms. The van der Waals surface area contributed by atoms with Gasteiger partial charge in [0.25, 0.3) is 0 Å². The lowest BCUT2D eigenvalue weighted by Crippen LogP contribution is -2.19. The molecule has 0 aliphatic heterocycles. The molecule has 1 heteroatoms. The van der Waals surface area contributed by atoms with E-state index < -0.39 is 0 Å². The summed E-state index contributed by atoms with van der Waals surface area (Å²) in [6.07, 6.45) is 10.8. The molecule has 0 atom stereocenters. The van der Waals surface area contributed by atoms with E-state index in [0.29, 0.717) is 5.41 Å². The summed E-state index contributed by atoms with van der Waals surface area (Å²) in [7, 11) is 1.74. The number of ether oxygens (including phenoxy) is 1. The molecule has 0 heterocycles. The summed E-state index contributed by atoms with van der Waals surface area (Å²) >= 11 is 0. The van der Waals surface area contributed by atoms with Crippen molar-refractivity contribution >= 4 is 6.08 Å². The number of hydrogen-bond donors (Lipinski definition) is 0. The van der Waals surface area contributed by atoms with Crippen molar-refractivity contribution < 1.29 is 4.74 Å². The number of methoxy groups -OCH3 is 1. The predicted octanol–water partition coefficient (Wildman–Crippen LogP) is 7.11. The highest BCUT2D eigenvalue weighted by molar-refractivity contribution is 5.65. The first-order valence-electron chi connectivity index (χ1n) is 9.38. The lowest BCUT2D eigenvalue weighted by atomic mass is 9.72. The minimum Gasteiger partial charge on any atom is -0.496 e. The van der Waals surface area contributed by atoms with Gasteiger partial charge in [0.05, 0.1) is 7.11 Å². The fourth-order valence-electron chi connectivity index (χ4n) is 4.00. The molecule has 0 bridgehead atoms. The Balaban J connectivity index is 2.36. The summed E-state index contributed by atoms with van der Waals surface area (Å²) in [5, 5.41) is 0. The largest absolute Gasteiger partial charge is 0.496 e. The maximum Gasteiger partial charge on any atom is 0.122 e. The van der Waals surface area contributed by atoms with Crippen molar-refractivity contribution in [2.24, 2.45) is 5.41 Å². The van der Waals surface area contributed by atoms with Gasteiger partial charge in [-0.25, -0.2) is 0 Å². The third-order valence-electron chi connectivity index (χ3n) is 5.76. The Hall–Kier alpha value is -1.76. The number of rotatable bonds is 4. The molecular weight excluding hydrogens is 304 g/mol. The third kappa shape index (κ3) is 4.26. The smallest absolute Gasteiger partial charge is 0.122 e. The van der Waals surface area contributed by atoms with Crippen molar-refractivity contribution in [3.05, 3.63) is 57.2 Å². The predicted molar refractivity (Wildman–Crippen MR) is 110 cm³/mol. The Bertz CT molecular complexity index is 742. The van der Waals surface area contributed by atoms with Gasteiger partial charge in [-0.1, -0.05) is 43.2 Å². The number of hydrogen-bond acceptors (Lipinski definition) is 1. The van der Waals surface area contributed by atoms with E-state index in [0.717, 1.165) is 5.75 Å². The fraction of sp³-hybridized carbons (Fsp3) is 0.500. The summed E-state index contributed by atoms with van der Waals surface area (Å²) in [4.78, 5) is 0. The van der Waals surface area contributed by atoms with E-state index in [1.807, 2.05) is 0 Å². The van der Waals surface area contributed by atoms with Gasteiger partial charge in [0, 0.05) is 0 Å². The lowest BCUT2D eigenvalue weighted by molar-refractivity contribution is 0.377. The van der Waals surface area contributed by atoms with Crippen LogP contribution in [0.3, 0.4) is 0 Å². The van der Waals surface area contributed by atoms with E-state index in [1.54, 1.807) is 12.7 Å². The molecule has 1 aliphatic rings. The topological polar surface area (TPSA) is 9.23 Å². The molecular formula is C24H34O. The van der Waals surface area contributed by atoms with Crippen LogP contribution >= 0.6 is 0 Å². The van der Waals surface area contributed by atoms with Gasteiger partial charge in [-0.3, -0.25) is 0 Å². The monoisotopic (exact) mass is 338 g/mol. The Morgan fingerprint density at radius 3 is 2.40 bits per heavy atom. The molecule has 0 amide bonds. The number of benzene rings is 1. The molecule has 1 nitrogen and oxygen atoms in total. The zero-order chi connectivity index (χ0) is 18.8. The van der Waals surface area contributed by atoms with Crippen LogP contribution < -0.4 is 4.74 Å². The highest BCUT2D eigenvalue weighted by atomic mass is 16.5. The van der Waals surface area contributed by atoms with Crippen LogP contribution in [-0.2, 0) is 0 Å². The molecule has 0 radical (unpaired) electrons. The van der Waals surface area contributed by atoms with E-state index in [4.69, 9.17) is 4.74 Å². The van der Waals surface area contributed by atoms with Crippen LogP contribution in [0.1, 0.15) is 69.2 Å². The minimum atomic E-state index is 0.293. The molecule has 136 valence electrons.